The van der Waals surface area contributed by atoms with Gasteiger partial charge in [0.15, 0.2) is 0 Å². The van der Waals surface area contributed by atoms with Crippen molar-refractivity contribution in [2.75, 3.05) is 52.5 Å². The zero-order valence-corrected chi connectivity index (χ0v) is 46.1. The molecule has 0 rings (SSSR count). The van der Waals surface area contributed by atoms with Crippen LogP contribution in [0.5, 0.6) is 0 Å². The summed E-state index contributed by atoms with van der Waals surface area (Å²) in [5.41, 5.74) is 0. The number of esters is 3. The van der Waals surface area contributed by atoms with Crippen LogP contribution in [0.25, 0.3) is 0 Å². The van der Waals surface area contributed by atoms with E-state index in [1.165, 1.54) is 186 Å². The van der Waals surface area contributed by atoms with Crippen molar-refractivity contribution >= 4 is 17.9 Å². The molecule has 0 heterocycles. The van der Waals surface area contributed by atoms with Crippen LogP contribution in [0.4, 0.5) is 0 Å². The summed E-state index contributed by atoms with van der Waals surface area (Å²) in [5, 5.41) is 3.66. The molecule has 0 radical (unpaired) electrons. The summed E-state index contributed by atoms with van der Waals surface area (Å²) >= 11 is 0. The maximum Gasteiger partial charge on any atom is 0.305 e. The molecule has 0 atom stereocenters. The van der Waals surface area contributed by atoms with Gasteiger partial charge >= 0.3 is 17.9 Å². The van der Waals surface area contributed by atoms with Gasteiger partial charge in [0.1, 0.15) is 0 Å². The molecule has 0 aromatic heterocycles. The fourth-order valence-corrected chi connectivity index (χ4v) is 9.22. The first kappa shape index (κ1) is 66.3. The van der Waals surface area contributed by atoms with Crippen LogP contribution in [0.15, 0.2) is 0 Å². The predicted molar refractivity (Wildman–Crippen MR) is 292 cm³/mol. The summed E-state index contributed by atoms with van der Waals surface area (Å²) in [4.78, 5) is 39.4. The molecule has 0 fully saturated rings. The Morgan fingerprint density at radius 1 is 0.279 bits per heavy atom. The van der Waals surface area contributed by atoms with Gasteiger partial charge < -0.3 is 24.4 Å². The Labute approximate surface area is 423 Å². The zero-order valence-electron chi connectivity index (χ0n) is 46.1. The van der Waals surface area contributed by atoms with Crippen LogP contribution in [0.1, 0.15) is 316 Å². The van der Waals surface area contributed by atoms with Crippen LogP contribution < -0.4 is 5.32 Å². The SMILES string of the molecule is CCCCCCCCCCCCOC(=O)CCCCCCNCCCN(CCCCCCC(=O)OCCCCCCCCCCCC)CCCCCCC(=O)OCCCCCCCCCCCC. The number of ether oxygens (including phenoxy) is 3. The molecular weight excluding hydrogens is 845 g/mol. The van der Waals surface area contributed by atoms with Crippen molar-refractivity contribution in [2.45, 2.75) is 316 Å². The van der Waals surface area contributed by atoms with Crippen LogP contribution in [0.3, 0.4) is 0 Å². The Bertz CT molecular complexity index is 976. The van der Waals surface area contributed by atoms with E-state index in [1.54, 1.807) is 0 Å². The number of carbonyl (C=O) groups is 3. The van der Waals surface area contributed by atoms with Crippen LogP contribution in [-0.2, 0) is 28.6 Å². The first-order valence-corrected chi connectivity index (χ1v) is 30.4. The van der Waals surface area contributed by atoms with Crippen molar-refractivity contribution in [3.63, 3.8) is 0 Å². The average Bonchev–Trinajstić information content (AvgIpc) is 3.34. The third kappa shape index (κ3) is 55.3. The lowest BCUT2D eigenvalue weighted by atomic mass is 10.1. The lowest BCUT2D eigenvalue weighted by Gasteiger charge is -2.22. The Hall–Kier alpha value is -1.67. The summed E-state index contributed by atoms with van der Waals surface area (Å²) in [6, 6.07) is 0. The van der Waals surface area contributed by atoms with E-state index < -0.39 is 0 Å². The van der Waals surface area contributed by atoms with E-state index in [4.69, 9.17) is 14.2 Å². The average molecular weight is 964 g/mol. The van der Waals surface area contributed by atoms with E-state index in [2.05, 4.69) is 31.0 Å². The quantitative estimate of drug-likeness (QED) is 0.0366. The smallest absolute Gasteiger partial charge is 0.305 e. The second-order valence-electron chi connectivity index (χ2n) is 20.6. The van der Waals surface area contributed by atoms with E-state index in [1.807, 2.05) is 0 Å². The van der Waals surface area contributed by atoms with Crippen LogP contribution in [-0.4, -0.2) is 75.4 Å². The molecule has 0 spiro atoms. The van der Waals surface area contributed by atoms with Gasteiger partial charge in [0.05, 0.1) is 19.8 Å². The molecule has 0 saturated carbocycles. The van der Waals surface area contributed by atoms with E-state index in [0.29, 0.717) is 39.1 Å². The third-order valence-corrected chi connectivity index (χ3v) is 13.8. The monoisotopic (exact) mass is 963 g/mol. The number of unbranched alkanes of at least 4 members (excludes halogenated alkanes) is 36. The highest BCUT2D eigenvalue weighted by molar-refractivity contribution is 5.69. The first-order chi connectivity index (χ1) is 33.5. The molecule has 8 heteroatoms. The molecule has 0 saturated heterocycles. The lowest BCUT2D eigenvalue weighted by Crippen LogP contribution is -2.30. The van der Waals surface area contributed by atoms with Crippen LogP contribution in [0.2, 0.25) is 0 Å². The van der Waals surface area contributed by atoms with E-state index >= 15 is 0 Å². The normalized spacial score (nSPS) is 11.5. The third-order valence-electron chi connectivity index (χ3n) is 13.8. The van der Waals surface area contributed by atoms with Crippen molar-refractivity contribution in [2.24, 2.45) is 0 Å². The van der Waals surface area contributed by atoms with Crippen molar-refractivity contribution in [1.82, 2.24) is 10.2 Å². The Morgan fingerprint density at radius 3 is 0.838 bits per heavy atom. The van der Waals surface area contributed by atoms with Gasteiger partial charge in [-0.25, -0.2) is 0 Å². The van der Waals surface area contributed by atoms with Gasteiger partial charge in [0.25, 0.3) is 0 Å². The molecule has 0 aliphatic rings. The minimum Gasteiger partial charge on any atom is -0.466 e. The molecule has 0 unspecified atom stereocenters. The van der Waals surface area contributed by atoms with Gasteiger partial charge in [-0.05, 0) is 96.9 Å². The summed E-state index contributed by atoms with van der Waals surface area (Å²) < 4.78 is 16.6. The number of nitrogens with one attached hydrogen (secondary N) is 1. The van der Waals surface area contributed by atoms with Crippen molar-refractivity contribution < 1.29 is 28.6 Å². The molecule has 8 nitrogen and oxygen atoms in total. The summed E-state index contributed by atoms with van der Waals surface area (Å²) in [6.07, 6.45) is 54.5. The molecular formula is C60H118N2O6. The van der Waals surface area contributed by atoms with E-state index in [-0.39, 0.29) is 17.9 Å². The standard InChI is InChI=1S/C60H118N2O6/c1-4-7-10-13-16-19-22-25-34-43-55-66-58(63)47-37-28-31-40-50-61-51-46-54-62(52-41-32-29-38-48-59(64)67-56-44-35-26-23-20-17-14-11-8-5-2)53-42-33-30-39-49-60(65)68-57-45-36-27-24-21-18-15-12-9-6-3/h61H,4-57H2,1-3H3. The van der Waals surface area contributed by atoms with Crippen molar-refractivity contribution in [3.8, 4) is 0 Å². The minimum absolute atomic E-state index is 0.0203. The lowest BCUT2D eigenvalue weighted by molar-refractivity contribution is -0.144. The number of rotatable bonds is 58. The van der Waals surface area contributed by atoms with E-state index in [0.717, 1.165) is 123 Å². The first-order valence-electron chi connectivity index (χ1n) is 30.4. The van der Waals surface area contributed by atoms with Crippen LogP contribution in [0, 0.1) is 0 Å². The Morgan fingerprint density at radius 2 is 0.515 bits per heavy atom. The molecule has 1 N–H and O–H groups in total. The predicted octanol–water partition coefficient (Wildman–Crippen LogP) is 17.5. The highest BCUT2D eigenvalue weighted by atomic mass is 16.5. The number of hydrogen-bond donors (Lipinski definition) is 1. The van der Waals surface area contributed by atoms with Crippen LogP contribution >= 0.6 is 0 Å². The highest BCUT2D eigenvalue weighted by Crippen LogP contribution is 2.15. The summed E-state index contributed by atoms with van der Waals surface area (Å²) in [6.45, 7) is 13.9. The minimum atomic E-state index is -0.0212. The van der Waals surface area contributed by atoms with Crippen molar-refractivity contribution in [1.29, 1.82) is 0 Å². The van der Waals surface area contributed by atoms with Gasteiger partial charge in [-0.15, -0.1) is 0 Å². The maximum absolute atomic E-state index is 12.3. The molecule has 0 aromatic carbocycles. The zero-order chi connectivity index (χ0) is 49.3. The fraction of sp³-hybridized carbons (Fsp3) is 0.950. The number of nitrogens with zero attached hydrogens (tertiary/aromatic N) is 1. The second kappa shape index (κ2) is 57.9. The summed E-state index contributed by atoms with van der Waals surface area (Å²) in [7, 11) is 0. The van der Waals surface area contributed by atoms with Gasteiger partial charge in [0, 0.05) is 19.3 Å². The Kier molecular flexibility index (Phi) is 56.5. The second-order valence-corrected chi connectivity index (χ2v) is 20.6. The van der Waals surface area contributed by atoms with Gasteiger partial charge in [-0.2, -0.15) is 0 Å². The molecule has 0 aliphatic heterocycles. The molecule has 0 bridgehead atoms. The summed E-state index contributed by atoms with van der Waals surface area (Å²) in [5.74, 6) is -0.0627. The number of hydrogen-bond acceptors (Lipinski definition) is 8. The number of carbonyl (C=O) groups excluding carboxylic acids is 3. The molecule has 0 aliphatic carbocycles. The van der Waals surface area contributed by atoms with Gasteiger partial charge in [-0.1, -0.05) is 233 Å². The molecule has 404 valence electrons. The van der Waals surface area contributed by atoms with Gasteiger partial charge in [-0.3, -0.25) is 14.4 Å². The molecule has 68 heavy (non-hydrogen) atoms. The maximum atomic E-state index is 12.3. The van der Waals surface area contributed by atoms with E-state index in [9.17, 15) is 14.4 Å². The van der Waals surface area contributed by atoms with Gasteiger partial charge in [0.2, 0.25) is 0 Å². The molecule has 0 amide bonds. The largest absolute Gasteiger partial charge is 0.466 e. The highest BCUT2D eigenvalue weighted by Gasteiger charge is 2.09. The van der Waals surface area contributed by atoms with Crippen molar-refractivity contribution in [3.05, 3.63) is 0 Å². The molecule has 0 aromatic rings. The topological polar surface area (TPSA) is 94.2 Å². The fourth-order valence-electron chi connectivity index (χ4n) is 9.22. The Balaban J connectivity index is 4.18.